The van der Waals surface area contributed by atoms with Crippen molar-refractivity contribution in [2.75, 3.05) is 0 Å². The van der Waals surface area contributed by atoms with Crippen molar-refractivity contribution in [2.45, 2.75) is 20.3 Å². The Balaban J connectivity index is 3.25. The van der Waals surface area contributed by atoms with Gasteiger partial charge in [-0.2, -0.15) is 0 Å². The molecule has 0 spiro atoms. The summed E-state index contributed by atoms with van der Waals surface area (Å²) in [6, 6.07) is 0.217. The molecule has 0 aliphatic rings. The second-order valence-electron chi connectivity index (χ2n) is 3.54. The van der Waals surface area contributed by atoms with Crippen LogP contribution >= 0.6 is 0 Å². The van der Waals surface area contributed by atoms with Crippen molar-refractivity contribution in [3.05, 3.63) is 34.9 Å². The van der Waals surface area contributed by atoms with Gasteiger partial charge in [-0.05, 0) is 12.3 Å². The smallest absolute Gasteiger partial charge is 0.165 e. The minimum atomic E-state index is -1.35. The average molecular weight is 206 g/mol. The van der Waals surface area contributed by atoms with Gasteiger partial charge in [0.05, 0.1) is 0 Å². The Hall–Kier alpha value is -1.06. The fraction of sp³-hybridized carbons (Fsp3) is 0.400. The first kappa shape index (κ1) is 11.0. The van der Waals surface area contributed by atoms with Crippen molar-refractivity contribution in [3.8, 4) is 0 Å². The zero-order valence-corrected chi connectivity index (χ0v) is 7.87. The molecule has 0 fully saturated rings. The predicted molar refractivity (Wildman–Crippen MR) is 44.8 cm³/mol. The van der Waals surface area contributed by atoms with Crippen molar-refractivity contribution in [2.24, 2.45) is 5.92 Å². The molecule has 0 aromatic heterocycles. The summed E-state index contributed by atoms with van der Waals surface area (Å²) in [7, 11) is 0. The summed E-state index contributed by atoms with van der Waals surface area (Å²) >= 11 is 0. The van der Waals surface area contributed by atoms with E-state index >= 15 is 0 Å². The first-order valence-corrected chi connectivity index (χ1v) is 4.25. The van der Waals surface area contributed by atoms with Gasteiger partial charge >= 0.3 is 0 Å². The number of halogens is 4. The van der Waals surface area contributed by atoms with Gasteiger partial charge in [0, 0.05) is 11.6 Å². The summed E-state index contributed by atoms with van der Waals surface area (Å²) in [5, 5.41) is 0. The van der Waals surface area contributed by atoms with Crippen molar-refractivity contribution in [1.82, 2.24) is 0 Å². The second kappa shape index (κ2) is 3.98. The summed E-state index contributed by atoms with van der Waals surface area (Å²) < 4.78 is 51.4. The number of rotatable bonds is 2. The number of hydrogen-bond acceptors (Lipinski definition) is 0. The molecule has 4 heteroatoms. The van der Waals surface area contributed by atoms with E-state index in [0.29, 0.717) is 0 Å². The zero-order valence-electron chi connectivity index (χ0n) is 7.87. The van der Waals surface area contributed by atoms with Crippen LogP contribution in [-0.4, -0.2) is 0 Å². The Morgan fingerprint density at radius 1 is 1.00 bits per heavy atom. The monoisotopic (exact) mass is 206 g/mol. The van der Waals surface area contributed by atoms with Crippen LogP contribution in [0, 0.1) is 29.2 Å². The van der Waals surface area contributed by atoms with E-state index in [9.17, 15) is 17.6 Å². The molecule has 0 atom stereocenters. The molecule has 1 rings (SSSR count). The molecule has 0 aliphatic carbocycles. The van der Waals surface area contributed by atoms with Crippen LogP contribution in [0.5, 0.6) is 0 Å². The highest BCUT2D eigenvalue weighted by Crippen LogP contribution is 2.21. The first-order chi connectivity index (χ1) is 6.43. The molecule has 14 heavy (non-hydrogen) atoms. The molecule has 0 N–H and O–H groups in total. The van der Waals surface area contributed by atoms with Crippen LogP contribution < -0.4 is 0 Å². The second-order valence-corrected chi connectivity index (χ2v) is 3.54. The summed E-state index contributed by atoms with van der Waals surface area (Å²) in [6.45, 7) is 3.42. The van der Waals surface area contributed by atoms with Crippen LogP contribution in [0.2, 0.25) is 0 Å². The van der Waals surface area contributed by atoms with E-state index in [2.05, 4.69) is 0 Å². The maximum absolute atomic E-state index is 13.0. The van der Waals surface area contributed by atoms with Gasteiger partial charge in [-0.25, -0.2) is 17.6 Å². The molecule has 0 saturated heterocycles. The average Bonchev–Trinajstić information content (AvgIpc) is 2.09. The predicted octanol–water partition coefficient (Wildman–Crippen LogP) is 3.44. The number of hydrogen-bond donors (Lipinski definition) is 0. The molecule has 0 heterocycles. The fourth-order valence-corrected chi connectivity index (χ4v) is 1.21. The third-order valence-corrected chi connectivity index (χ3v) is 1.82. The Bertz CT molecular complexity index is 318. The zero-order chi connectivity index (χ0) is 10.9. The van der Waals surface area contributed by atoms with Crippen LogP contribution in [0.15, 0.2) is 6.07 Å². The molecule has 1 aromatic rings. The molecule has 0 bridgehead atoms. The van der Waals surface area contributed by atoms with E-state index in [1.165, 1.54) is 0 Å². The lowest BCUT2D eigenvalue weighted by molar-refractivity contribution is 0.429. The highest BCUT2D eigenvalue weighted by Gasteiger charge is 2.19. The summed E-state index contributed by atoms with van der Waals surface area (Å²) in [5.41, 5.74) is -0.516. The molecule has 0 saturated carbocycles. The Morgan fingerprint density at radius 2 is 1.43 bits per heavy atom. The summed E-state index contributed by atoms with van der Waals surface area (Å²) in [4.78, 5) is 0. The Kier molecular flexibility index (Phi) is 3.13. The van der Waals surface area contributed by atoms with Gasteiger partial charge in [-0.1, -0.05) is 13.8 Å². The van der Waals surface area contributed by atoms with E-state index in [1.54, 1.807) is 13.8 Å². The van der Waals surface area contributed by atoms with Crippen molar-refractivity contribution >= 4 is 0 Å². The van der Waals surface area contributed by atoms with Gasteiger partial charge in [-0.3, -0.25) is 0 Å². The molecule has 0 radical (unpaired) electrons. The molecule has 0 unspecified atom stereocenters. The van der Waals surface area contributed by atoms with Gasteiger partial charge < -0.3 is 0 Å². The van der Waals surface area contributed by atoms with E-state index in [1.807, 2.05) is 0 Å². The quantitative estimate of drug-likeness (QED) is 0.513. The highest BCUT2D eigenvalue weighted by atomic mass is 19.2. The largest absolute Gasteiger partial charge is 0.204 e. The standard InChI is InChI=1S/C10H10F4/c1-5(2)3-6-9(13)7(11)4-8(12)10(6)14/h4-5H,3H2,1-2H3. The minimum Gasteiger partial charge on any atom is -0.204 e. The van der Waals surface area contributed by atoms with E-state index < -0.39 is 28.8 Å². The van der Waals surface area contributed by atoms with Crippen LogP contribution in [0.1, 0.15) is 19.4 Å². The van der Waals surface area contributed by atoms with Gasteiger partial charge in [0.1, 0.15) is 0 Å². The summed E-state index contributed by atoms with van der Waals surface area (Å²) in [6.07, 6.45) is -0.0215. The maximum Gasteiger partial charge on any atom is 0.165 e. The van der Waals surface area contributed by atoms with Crippen LogP contribution in [0.4, 0.5) is 17.6 Å². The molecule has 0 aliphatic heterocycles. The highest BCUT2D eigenvalue weighted by molar-refractivity contribution is 5.22. The van der Waals surface area contributed by atoms with Crippen LogP contribution in [0.3, 0.4) is 0 Å². The lowest BCUT2D eigenvalue weighted by atomic mass is 10.0. The molecule has 78 valence electrons. The lowest BCUT2D eigenvalue weighted by Crippen LogP contribution is -2.05. The van der Waals surface area contributed by atoms with Crippen LogP contribution in [0.25, 0.3) is 0 Å². The normalized spacial score (nSPS) is 11.1. The Labute approximate surface area is 79.6 Å². The van der Waals surface area contributed by atoms with E-state index in [4.69, 9.17) is 0 Å². The molecule has 0 nitrogen and oxygen atoms in total. The minimum absolute atomic E-state index is 0.0215. The first-order valence-electron chi connectivity index (χ1n) is 4.25. The summed E-state index contributed by atoms with van der Waals surface area (Å²) in [5.74, 6) is -5.35. The number of benzene rings is 1. The Morgan fingerprint density at radius 3 is 1.79 bits per heavy atom. The van der Waals surface area contributed by atoms with Gasteiger partial charge in [-0.15, -0.1) is 0 Å². The molecular weight excluding hydrogens is 196 g/mol. The third kappa shape index (κ3) is 2.05. The SMILES string of the molecule is CC(C)Cc1c(F)c(F)cc(F)c1F. The van der Waals surface area contributed by atoms with Crippen molar-refractivity contribution < 1.29 is 17.6 Å². The van der Waals surface area contributed by atoms with Gasteiger partial charge in [0.15, 0.2) is 23.3 Å². The molecule has 1 aromatic carbocycles. The molecule has 0 amide bonds. The van der Waals surface area contributed by atoms with E-state index in [0.717, 1.165) is 0 Å². The van der Waals surface area contributed by atoms with E-state index in [-0.39, 0.29) is 18.4 Å². The topological polar surface area (TPSA) is 0 Å². The van der Waals surface area contributed by atoms with Crippen LogP contribution in [-0.2, 0) is 6.42 Å². The molecular formula is C10H10F4. The van der Waals surface area contributed by atoms with Crippen molar-refractivity contribution in [3.63, 3.8) is 0 Å². The lowest BCUT2D eigenvalue weighted by Gasteiger charge is -2.08. The van der Waals surface area contributed by atoms with Gasteiger partial charge in [0.25, 0.3) is 0 Å². The van der Waals surface area contributed by atoms with Crippen molar-refractivity contribution in [1.29, 1.82) is 0 Å². The third-order valence-electron chi connectivity index (χ3n) is 1.82. The maximum atomic E-state index is 13.0. The fourth-order valence-electron chi connectivity index (χ4n) is 1.21. The van der Waals surface area contributed by atoms with Gasteiger partial charge in [0.2, 0.25) is 0 Å².